The molecule has 2 aromatic carbocycles. The number of hydrogen-bond acceptors (Lipinski definition) is 4. The van der Waals surface area contributed by atoms with Gasteiger partial charge in [0.05, 0.1) is 26.4 Å². The SMILES string of the molecule is C=CCC(C#N)(C#N)C1=CCCC[C@H]1[C@@H](/C=C/c1ccccc1OC)c1ccccc1OC. The minimum atomic E-state index is -1.22. The molecule has 0 fully saturated rings. The first-order valence-corrected chi connectivity index (χ1v) is 11.2. The molecule has 168 valence electrons. The third-order valence-corrected chi connectivity index (χ3v) is 6.36. The summed E-state index contributed by atoms with van der Waals surface area (Å²) in [7, 11) is 3.33. The van der Waals surface area contributed by atoms with Crippen LogP contribution in [0.5, 0.6) is 11.5 Å². The van der Waals surface area contributed by atoms with E-state index < -0.39 is 5.41 Å². The molecule has 1 aliphatic rings. The normalized spacial score (nSPS) is 16.8. The zero-order chi connectivity index (χ0) is 23.7. The molecule has 3 rings (SSSR count). The molecule has 0 radical (unpaired) electrons. The Kier molecular flexibility index (Phi) is 8.11. The molecular weight excluding hydrogens is 408 g/mol. The number of allylic oxidation sites excluding steroid dienone is 4. The zero-order valence-electron chi connectivity index (χ0n) is 19.3. The van der Waals surface area contributed by atoms with E-state index in [1.807, 2.05) is 42.5 Å². The second-order valence-electron chi connectivity index (χ2n) is 8.19. The Balaban J connectivity index is 2.16. The summed E-state index contributed by atoms with van der Waals surface area (Å²) in [6.07, 6.45) is 11.0. The maximum absolute atomic E-state index is 10.1. The molecule has 4 nitrogen and oxygen atoms in total. The van der Waals surface area contributed by atoms with Crippen LogP contribution in [0.25, 0.3) is 6.08 Å². The van der Waals surface area contributed by atoms with Gasteiger partial charge in [-0.3, -0.25) is 0 Å². The van der Waals surface area contributed by atoms with E-state index in [2.05, 4.69) is 43.0 Å². The van der Waals surface area contributed by atoms with Crippen molar-refractivity contribution in [2.75, 3.05) is 14.2 Å². The van der Waals surface area contributed by atoms with Crippen LogP contribution in [0.15, 0.2) is 78.9 Å². The first-order chi connectivity index (χ1) is 16.1. The molecule has 0 heterocycles. The summed E-state index contributed by atoms with van der Waals surface area (Å²) in [6.45, 7) is 3.81. The first kappa shape index (κ1) is 23.9. The molecule has 0 spiro atoms. The summed E-state index contributed by atoms with van der Waals surface area (Å²) in [5.74, 6) is 1.49. The molecule has 2 atom stereocenters. The predicted octanol–water partition coefficient (Wildman–Crippen LogP) is 6.84. The highest BCUT2D eigenvalue weighted by Gasteiger charge is 2.41. The summed E-state index contributed by atoms with van der Waals surface area (Å²) in [4.78, 5) is 0. The number of nitriles is 2. The molecule has 0 amide bonds. The highest BCUT2D eigenvalue weighted by Crippen LogP contribution is 2.48. The second-order valence-corrected chi connectivity index (χ2v) is 8.19. The van der Waals surface area contributed by atoms with Crippen molar-refractivity contribution in [3.8, 4) is 23.6 Å². The van der Waals surface area contributed by atoms with E-state index in [-0.39, 0.29) is 11.8 Å². The monoisotopic (exact) mass is 438 g/mol. The van der Waals surface area contributed by atoms with Crippen molar-refractivity contribution < 1.29 is 9.47 Å². The highest BCUT2D eigenvalue weighted by molar-refractivity contribution is 5.59. The smallest absolute Gasteiger partial charge is 0.168 e. The van der Waals surface area contributed by atoms with Crippen LogP contribution in [-0.4, -0.2) is 14.2 Å². The van der Waals surface area contributed by atoms with Crippen molar-refractivity contribution in [2.24, 2.45) is 11.3 Å². The molecule has 0 unspecified atom stereocenters. The number of benzene rings is 2. The highest BCUT2D eigenvalue weighted by atomic mass is 16.5. The van der Waals surface area contributed by atoms with Gasteiger partial charge in [0.15, 0.2) is 5.41 Å². The van der Waals surface area contributed by atoms with Crippen LogP contribution in [0.4, 0.5) is 0 Å². The van der Waals surface area contributed by atoms with Gasteiger partial charge >= 0.3 is 0 Å². The molecule has 0 bridgehead atoms. The molecular formula is C29H30N2O2. The van der Waals surface area contributed by atoms with E-state index >= 15 is 0 Å². The lowest BCUT2D eigenvalue weighted by atomic mass is 9.65. The van der Waals surface area contributed by atoms with E-state index in [0.29, 0.717) is 6.42 Å². The van der Waals surface area contributed by atoms with Crippen molar-refractivity contribution >= 4 is 6.08 Å². The fourth-order valence-electron chi connectivity index (χ4n) is 4.75. The van der Waals surface area contributed by atoms with E-state index in [1.165, 1.54) is 0 Å². The number of nitrogens with zero attached hydrogens (tertiary/aromatic N) is 2. The number of ether oxygens (including phenoxy) is 2. The number of para-hydroxylation sites is 2. The molecule has 0 aromatic heterocycles. The van der Waals surface area contributed by atoms with E-state index in [4.69, 9.17) is 9.47 Å². The van der Waals surface area contributed by atoms with Crippen molar-refractivity contribution in [2.45, 2.75) is 31.6 Å². The van der Waals surface area contributed by atoms with Gasteiger partial charge < -0.3 is 9.47 Å². The van der Waals surface area contributed by atoms with Gasteiger partial charge in [-0.15, -0.1) is 6.58 Å². The van der Waals surface area contributed by atoms with Crippen molar-refractivity contribution in [3.63, 3.8) is 0 Å². The Labute approximate surface area is 197 Å². The first-order valence-electron chi connectivity index (χ1n) is 11.2. The van der Waals surface area contributed by atoms with Gasteiger partial charge in [0, 0.05) is 23.5 Å². The van der Waals surface area contributed by atoms with Crippen LogP contribution in [0.3, 0.4) is 0 Å². The Bertz CT molecular complexity index is 1100. The van der Waals surface area contributed by atoms with Crippen LogP contribution in [0, 0.1) is 34.0 Å². The maximum Gasteiger partial charge on any atom is 0.168 e. The molecule has 2 aromatic rings. The summed E-state index contributed by atoms with van der Waals surface area (Å²) in [5, 5.41) is 20.2. The molecule has 0 saturated carbocycles. The Hall–Kier alpha value is -3.76. The topological polar surface area (TPSA) is 66.0 Å². The summed E-state index contributed by atoms with van der Waals surface area (Å²) >= 11 is 0. The fraction of sp³-hybridized carbons (Fsp3) is 0.310. The van der Waals surface area contributed by atoms with Gasteiger partial charge in [-0.25, -0.2) is 0 Å². The van der Waals surface area contributed by atoms with Crippen LogP contribution in [-0.2, 0) is 0 Å². The molecule has 0 saturated heterocycles. The minimum Gasteiger partial charge on any atom is -0.496 e. The average molecular weight is 439 g/mol. The number of hydrogen-bond donors (Lipinski definition) is 0. The Morgan fingerprint density at radius 1 is 1.06 bits per heavy atom. The van der Waals surface area contributed by atoms with E-state index in [9.17, 15) is 10.5 Å². The van der Waals surface area contributed by atoms with E-state index in [0.717, 1.165) is 47.5 Å². The van der Waals surface area contributed by atoms with E-state index in [1.54, 1.807) is 20.3 Å². The van der Waals surface area contributed by atoms with Gasteiger partial charge in [-0.05, 0) is 42.9 Å². The van der Waals surface area contributed by atoms with Gasteiger partial charge in [-0.1, -0.05) is 60.7 Å². The summed E-state index contributed by atoms with van der Waals surface area (Å²) < 4.78 is 11.2. The van der Waals surface area contributed by atoms with Gasteiger partial charge in [0.25, 0.3) is 0 Å². The standard InChI is InChI=1S/C29H30N2O2/c1-4-19-29(20-30,21-31)26-14-8-6-12-24(26)23(25-13-7-10-16-28(25)33-3)18-17-22-11-5-9-15-27(22)32-2/h4-5,7,9-11,13-18,23-24H,1,6,8,12,19H2,2-3H3/b18-17+/t23-,24+/m1/s1. The lowest BCUT2D eigenvalue weighted by molar-refractivity contribution is 0.380. The van der Waals surface area contributed by atoms with Crippen LogP contribution in [0.1, 0.15) is 42.7 Å². The van der Waals surface area contributed by atoms with Crippen molar-refractivity contribution in [1.82, 2.24) is 0 Å². The molecule has 1 aliphatic carbocycles. The van der Waals surface area contributed by atoms with Crippen LogP contribution >= 0.6 is 0 Å². The number of methoxy groups -OCH3 is 2. The van der Waals surface area contributed by atoms with Gasteiger partial charge in [0.2, 0.25) is 0 Å². The lowest BCUT2D eigenvalue weighted by Crippen LogP contribution is -2.29. The maximum atomic E-state index is 10.1. The van der Waals surface area contributed by atoms with Crippen LogP contribution in [0.2, 0.25) is 0 Å². The average Bonchev–Trinajstić information content (AvgIpc) is 2.88. The summed E-state index contributed by atoms with van der Waals surface area (Å²) in [6, 6.07) is 20.5. The predicted molar refractivity (Wildman–Crippen MR) is 132 cm³/mol. The largest absolute Gasteiger partial charge is 0.496 e. The number of rotatable bonds is 9. The molecule has 0 aliphatic heterocycles. The lowest BCUT2D eigenvalue weighted by Gasteiger charge is -2.36. The Morgan fingerprint density at radius 2 is 1.73 bits per heavy atom. The quantitative estimate of drug-likeness (QED) is 0.402. The van der Waals surface area contributed by atoms with Gasteiger partial charge in [-0.2, -0.15) is 10.5 Å². The van der Waals surface area contributed by atoms with Crippen molar-refractivity contribution in [3.05, 3.63) is 90.0 Å². The molecule has 4 heteroatoms. The third kappa shape index (κ3) is 5.02. The fourth-order valence-corrected chi connectivity index (χ4v) is 4.75. The zero-order valence-corrected chi connectivity index (χ0v) is 19.3. The van der Waals surface area contributed by atoms with Crippen LogP contribution < -0.4 is 9.47 Å². The minimum absolute atomic E-state index is 0.0137. The van der Waals surface area contributed by atoms with Crippen molar-refractivity contribution in [1.29, 1.82) is 10.5 Å². The van der Waals surface area contributed by atoms with Gasteiger partial charge in [0.1, 0.15) is 11.5 Å². The molecule has 0 N–H and O–H groups in total. The molecule has 33 heavy (non-hydrogen) atoms. The third-order valence-electron chi connectivity index (χ3n) is 6.36. The Morgan fingerprint density at radius 3 is 2.39 bits per heavy atom. The summed E-state index contributed by atoms with van der Waals surface area (Å²) in [5.41, 5.74) is 1.68. The second kappa shape index (κ2) is 11.2.